The first-order valence-corrected chi connectivity index (χ1v) is 6.97. The molecule has 22 heavy (non-hydrogen) atoms. The zero-order valence-electron chi connectivity index (χ0n) is 12.2. The summed E-state index contributed by atoms with van der Waals surface area (Å²) in [5.74, 6) is 0. The van der Waals surface area contributed by atoms with Crippen molar-refractivity contribution in [3.05, 3.63) is 45.3 Å². The normalized spacial score (nSPS) is 26.2. The molecule has 0 spiro atoms. The standard InChI is InChI=1S/C13H17N5O4/c1-7-4-17(13(21)16-12(7)20)10-3-9(11(22-10)8(2)19)18-6-14-5-15-18/h4-6,8-11,19H,3H2,1-2H3,(H,16,20,21)/t8?,9-,10+,11+/m1/s1. The lowest BCUT2D eigenvalue weighted by atomic mass is 10.1. The van der Waals surface area contributed by atoms with Crippen molar-refractivity contribution in [1.82, 2.24) is 24.3 Å². The van der Waals surface area contributed by atoms with Gasteiger partial charge in [0.2, 0.25) is 0 Å². The number of aryl methyl sites for hydroxylation is 1. The van der Waals surface area contributed by atoms with E-state index in [1.165, 1.54) is 17.1 Å². The van der Waals surface area contributed by atoms with Crippen LogP contribution in [0.25, 0.3) is 0 Å². The summed E-state index contributed by atoms with van der Waals surface area (Å²) in [6, 6.07) is -0.244. The minimum atomic E-state index is -0.737. The largest absolute Gasteiger partial charge is 0.391 e. The quantitative estimate of drug-likeness (QED) is 0.778. The molecule has 2 aromatic rings. The molecule has 9 nitrogen and oxygen atoms in total. The molecule has 0 bridgehead atoms. The van der Waals surface area contributed by atoms with Gasteiger partial charge in [-0.2, -0.15) is 5.10 Å². The Morgan fingerprint density at radius 3 is 2.91 bits per heavy atom. The van der Waals surface area contributed by atoms with Gasteiger partial charge in [-0.25, -0.2) is 14.5 Å². The summed E-state index contributed by atoms with van der Waals surface area (Å²) in [4.78, 5) is 29.6. The van der Waals surface area contributed by atoms with Gasteiger partial charge in [0.05, 0.1) is 12.1 Å². The number of nitrogens with zero attached hydrogens (tertiary/aromatic N) is 4. The molecule has 2 N–H and O–H groups in total. The second-order valence-electron chi connectivity index (χ2n) is 5.45. The molecule has 2 aromatic heterocycles. The number of aromatic nitrogens is 5. The Hall–Kier alpha value is -2.26. The van der Waals surface area contributed by atoms with Crippen molar-refractivity contribution >= 4 is 0 Å². The van der Waals surface area contributed by atoms with E-state index in [4.69, 9.17) is 4.74 Å². The highest BCUT2D eigenvalue weighted by molar-refractivity contribution is 5.02. The number of nitrogens with one attached hydrogen (secondary N) is 1. The number of hydrogen-bond acceptors (Lipinski definition) is 6. The number of H-pyrrole nitrogens is 1. The number of aromatic amines is 1. The number of ether oxygens (including phenoxy) is 1. The van der Waals surface area contributed by atoms with Crippen molar-refractivity contribution < 1.29 is 9.84 Å². The van der Waals surface area contributed by atoms with E-state index in [0.717, 1.165) is 0 Å². The lowest BCUT2D eigenvalue weighted by Gasteiger charge is -2.20. The van der Waals surface area contributed by atoms with E-state index in [-0.39, 0.29) is 6.04 Å². The molecule has 0 aliphatic carbocycles. The Kier molecular flexibility index (Phi) is 3.67. The minimum absolute atomic E-state index is 0.244. The molecule has 1 fully saturated rings. The Morgan fingerprint density at radius 2 is 2.27 bits per heavy atom. The van der Waals surface area contributed by atoms with Crippen LogP contribution in [0.3, 0.4) is 0 Å². The molecular weight excluding hydrogens is 290 g/mol. The number of hydrogen-bond donors (Lipinski definition) is 2. The molecule has 3 rings (SSSR count). The fraction of sp³-hybridized carbons (Fsp3) is 0.538. The maximum atomic E-state index is 12.0. The smallest absolute Gasteiger partial charge is 0.330 e. The van der Waals surface area contributed by atoms with E-state index in [1.54, 1.807) is 24.9 Å². The Bertz CT molecular complexity index is 763. The van der Waals surface area contributed by atoms with Crippen molar-refractivity contribution in [3.63, 3.8) is 0 Å². The Morgan fingerprint density at radius 1 is 1.50 bits per heavy atom. The molecule has 1 saturated heterocycles. The predicted molar refractivity (Wildman–Crippen MR) is 75.3 cm³/mol. The molecule has 0 aromatic carbocycles. The van der Waals surface area contributed by atoms with Gasteiger partial charge in [-0.05, 0) is 13.8 Å². The highest BCUT2D eigenvalue weighted by atomic mass is 16.5. The summed E-state index contributed by atoms with van der Waals surface area (Å²) < 4.78 is 8.77. The van der Waals surface area contributed by atoms with E-state index in [9.17, 15) is 14.7 Å². The monoisotopic (exact) mass is 307 g/mol. The van der Waals surface area contributed by atoms with Crippen molar-refractivity contribution in [2.45, 2.75) is 44.7 Å². The summed E-state index contributed by atoms with van der Waals surface area (Å²) in [7, 11) is 0. The summed E-state index contributed by atoms with van der Waals surface area (Å²) in [6.45, 7) is 3.24. The van der Waals surface area contributed by atoms with Crippen molar-refractivity contribution in [2.75, 3.05) is 0 Å². The van der Waals surface area contributed by atoms with E-state index >= 15 is 0 Å². The third kappa shape index (κ3) is 2.48. The minimum Gasteiger partial charge on any atom is -0.391 e. The number of aliphatic hydroxyl groups is 1. The summed E-state index contributed by atoms with van der Waals surface area (Å²) in [6.07, 6.45) is 3.01. The van der Waals surface area contributed by atoms with Gasteiger partial charge in [0.1, 0.15) is 25.0 Å². The fourth-order valence-corrected chi connectivity index (χ4v) is 2.73. The van der Waals surface area contributed by atoms with E-state index in [1.807, 2.05) is 0 Å². The Labute approximate surface area is 125 Å². The van der Waals surface area contributed by atoms with E-state index < -0.39 is 29.7 Å². The van der Waals surface area contributed by atoms with Gasteiger partial charge in [0.25, 0.3) is 5.56 Å². The third-order valence-electron chi connectivity index (χ3n) is 3.84. The van der Waals surface area contributed by atoms with Gasteiger partial charge >= 0.3 is 5.69 Å². The van der Waals surface area contributed by atoms with Crippen LogP contribution in [0.1, 0.15) is 31.2 Å². The van der Waals surface area contributed by atoms with Crippen LogP contribution in [0.4, 0.5) is 0 Å². The van der Waals surface area contributed by atoms with Crippen LogP contribution in [0.15, 0.2) is 28.4 Å². The topological polar surface area (TPSA) is 115 Å². The van der Waals surface area contributed by atoms with Crippen LogP contribution in [0.5, 0.6) is 0 Å². The van der Waals surface area contributed by atoms with E-state index in [2.05, 4.69) is 15.1 Å². The summed E-state index contributed by atoms with van der Waals surface area (Å²) >= 11 is 0. The average molecular weight is 307 g/mol. The molecule has 9 heteroatoms. The molecule has 1 unspecified atom stereocenters. The maximum absolute atomic E-state index is 12.0. The second kappa shape index (κ2) is 5.50. The molecule has 118 valence electrons. The maximum Gasteiger partial charge on any atom is 0.330 e. The van der Waals surface area contributed by atoms with Crippen molar-refractivity contribution in [2.24, 2.45) is 0 Å². The zero-order chi connectivity index (χ0) is 15.9. The second-order valence-corrected chi connectivity index (χ2v) is 5.45. The molecule has 1 aliphatic rings. The summed E-state index contributed by atoms with van der Waals surface area (Å²) in [5, 5.41) is 14.0. The number of rotatable bonds is 3. The van der Waals surface area contributed by atoms with Crippen molar-refractivity contribution in [3.8, 4) is 0 Å². The molecule has 3 heterocycles. The third-order valence-corrected chi connectivity index (χ3v) is 3.84. The molecular formula is C13H17N5O4. The van der Waals surface area contributed by atoms with Gasteiger partial charge in [-0.15, -0.1) is 0 Å². The molecule has 4 atom stereocenters. The molecule has 0 saturated carbocycles. The van der Waals surface area contributed by atoms with Gasteiger partial charge < -0.3 is 9.84 Å². The SMILES string of the molecule is Cc1cn([C@@H]2C[C@@H](n3cncn3)[C@H](C(C)O)O2)c(=O)[nH]c1=O. The van der Waals surface area contributed by atoms with Crippen molar-refractivity contribution in [1.29, 1.82) is 0 Å². The lowest BCUT2D eigenvalue weighted by molar-refractivity contribution is -0.0633. The van der Waals surface area contributed by atoms with Crippen LogP contribution in [-0.4, -0.2) is 41.6 Å². The highest BCUT2D eigenvalue weighted by Gasteiger charge is 2.40. The zero-order valence-corrected chi connectivity index (χ0v) is 12.2. The molecule has 0 radical (unpaired) electrons. The highest BCUT2D eigenvalue weighted by Crippen LogP contribution is 2.37. The first-order valence-electron chi connectivity index (χ1n) is 6.97. The van der Waals surface area contributed by atoms with Crippen LogP contribution >= 0.6 is 0 Å². The first kappa shape index (κ1) is 14.7. The van der Waals surface area contributed by atoms with Gasteiger partial charge in [0.15, 0.2) is 0 Å². The lowest BCUT2D eigenvalue weighted by Crippen LogP contribution is -2.34. The molecule has 1 aliphatic heterocycles. The van der Waals surface area contributed by atoms with Gasteiger partial charge in [-0.3, -0.25) is 14.3 Å². The van der Waals surface area contributed by atoms with Gasteiger partial charge in [-0.1, -0.05) is 0 Å². The predicted octanol–water partition coefficient (Wildman–Crippen LogP) is -0.654. The van der Waals surface area contributed by atoms with Crippen LogP contribution in [0, 0.1) is 6.92 Å². The van der Waals surface area contributed by atoms with E-state index in [0.29, 0.717) is 12.0 Å². The number of aliphatic hydroxyl groups excluding tert-OH is 1. The fourth-order valence-electron chi connectivity index (χ4n) is 2.73. The first-order chi connectivity index (χ1) is 10.5. The Balaban J connectivity index is 1.96. The summed E-state index contributed by atoms with van der Waals surface area (Å²) in [5.41, 5.74) is -0.538. The average Bonchev–Trinajstić information content (AvgIpc) is 3.11. The van der Waals surface area contributed by atoms with Gasteiger partial charge in [0, 0.05) is 18.2 Å². The molecule has 0 amide bonds. The van der Waals surface area contributed by atoms with Crippen LogP contribution in [0.2, 0.25) is 0 Å². The van der Waals surface area contributed by atoms with Crippen LogP contribution < -0.4 is 11.2 Å². The van der Waals surface area contributed by atoms with Crippen LogP contribution in [-0.2, 0) is 4.74 Å².